The number of rotatable bonds is 3. The molecule has 3 aromatic rings. The van der Waals surface area contributed by atoms with Gasteiger partial charge in [0.2, 0.25) is 5.91 Å². The minimum absolute atomic E-state index is 0.0266. The summed E-state index contributed by atoms with van der Waals surface area (Å²) >= 11 is 0. The number of carbonyl (C=O) groups excluding carboxylic acids is 1. The highest BCUT2D eigenvalue weighted by Gasteiger charge is 2.22. The largest absolute Gasteiger partial charge is 0.353 e. The molecule has 5 heteroatoms. The Kier molecular flexibility index (Phi) is 4.52. The molecule has 0 saturated carbocycles. The van der Waals surface area contributed by atoms with Crippen LogP contribution in [0.4, 0.5) is 10.2 Å². The van der Waals surface area contributed by atoms with Crippen LogP contribution in [-0.2, 0) is 11.2 Å². The van der Waals surface area contributed by atoms with Crippen molar-refractivity contribution in [2.75, 3.05) is 31.1 Å². The summed E-state index contributed by atoms with van der Waals surface area (Å²) in [6, 6.07) is 18.6. The Bertz CT molecular complexity index is 935. The van der Waals surface area contributed by atoms with Crippen molar-refractivity contribution < 1.29 is 9.18 Å². The summed E-state index contributed by atoms with van der Waals surface area (Å²) < 4.78 is 13.7. The first kappa shape index (κ1) is 16.5. The number of para-hydroxylation sites is 1. The van der Waals surface area contributed by atoms with Gasteiger partial charge in [0.05, 0.1) is 11.9 Å². The summed E-state index contributed by atoms with van der Waals surface area (Å²) in [6.07, 6.45) is 0.112. The van der Waals surface area contributed by atoms with Gasteiger partial charge in [-0.15, -0.1) is 0 Å². The molecule has 0 radical (unpaired) electrons. The highest BCUT2D eigenvalue weighted by atomic mass is 19.1. The molecule has 1 amide bonds. The number of pyridine rings is 1. The molecule has 0 aliphatic carbocycles. The van der Waals surface area contributed by atoms with E-state index in [9.17, 15) is 9.18 Å². The molecule has 1 saturated heterocycles. The number of aromatic nitrogens is 1. The molecule has 1 aliphatic rings. The van der Waals surface area contributed by atoms with E-state index in [-0.39, 0.29) is 18.1 Å². The van der Waals surface area contributed by atoms with Crippen LogP contribution >= 0.6 is 0 Å². The molecular weight excluding hydrogens is 329 g/mol. The van der Waals surface area contributed by atoms with Gasteiger partial charge in [-0.25, -0.2) is 9.37 Å². The van der Waals surface area contributed by atoms with Crippen LogP contribution in [-0.4, -0.2) is 42.0 Å². The third kappa shape index (κ3) is 3.38. The number of nitrogens with zero attached hydrogens (tertiary/aromatic N) is 3. The second kappa shape index (κ2) is 7.12. The van der Waals surface area contributed by atoms with Gasteiger partial charge in [0.25, 0.3) is 0 Å². The number of carbonyl (C=O) groups is 1. The summed E-state index contributed by atoms with van der Waals surface area (Å²) in [7, 11) is 0. The molecular formula is C21H20FN3O. The lowest BCUT2D eigenvalue weighted by Crippen LogP contribution is -2.49. The number of fused-ring (bicyclic) bond motifs is 1. The Balaban J connectivity index is 1.40. The Morgan fingerprint density at radius 2 is 1.65 bits per heavy atom. The smallest absolute Gasteiger partial charge is 0.227 e. The molecule has 0 spiro atoms. The molecule has 4 rings (SSSR count). The summed E-state index contributed by atoms with van der Waals surface area (Å²) in [4.78, 5) is 21.2. The number of anilines is 1. The molecule has 26 heavy (non-hydrogen) atoms. The van der Waals surface area contributed by atoms with E-state index in [4.69, 9.17) is 4.98 Å². The standard InChI is InChI=1S/C21H20FN3O/c22-18-7-3-1-6-17(18)15-21(26)25-13-11-24(12-14-25)20-10-9-16-5-2-4-8-19(16)23-20/h1-10H,11-15H2. The average molecular weight is 349 g/mol. The minimum Gasteiger partial charge on any atom is -0.353 e. The van der Waals surface area contributed by atoms with E-state index in [1.54, 1.807) is 18.2 Å². The first-order chi connectivity index (χ1) is 12.7. The number of halogens is 1. The highest BCUT2D eigenvalue weighted by molar-refractivity contribution is 5.81. The van der Waals surface area contributed by atoms with E-state index in [0.29, 0.717) is 18.7 Å². The number of benzene rings is 2. The van der Waals surface area contributed by atoms with Crippen LogP contribution in [0, 0.1) is 5.82 Å². The lowest BCUT2D eigenvalue weighted by atomic mass is 10.1. The van der Waals surface area contributed by atoms with Crippen LogP contribution < -0.4 is 4.90 Å². The Labute approximate surface area is 151 Å². The Morgan fingerprint density at radius 3 is 2.46 bits per heavy atom. The van der Waals surface area contributed by atoms with E-state index in [0.717, 1.165) is 29.8 Å². The average Bonchev–Trinajstić information content (AvgIpc) is 2.69. The molecule has 0 bridgehead atoms. The minimum atomic E-state index is -0.320. The van der Waals surface area contributed by atoms with E-state index in [1.807, 2.05) is 35.2 Å². The quantitative estimate of drug-likeness (QED) is 0.728. The van der Waals surface area contributed by atoms with Crippen molar-refractivity contribution in [3.8, 4) is 0 Å². The van der Waals surface area contributed by atoms with Gasteiger partial charge >= 0.3 is 0 Å². The van der Waals surface area contributed by atoms with Crippen molar-refractivity contribution in [2.24, 2.45) is 0 Å². The van der Waals surface area contributed by atoms with Gasteiger partial charge in [0, 0.05) is 31.6 Å². The van der Waals surface area contributed by atoms with Crippen molar-refractivity contribution in [3.05, 3.63) is 72.0 Å². The number of hydrogen-bond acceptors (Lipinski definition) is 3. The Morgan fingerprint density at radius 1 is 0.923 bits per heavy atom. The predicted molar refractivity (Wildman–Crippen MR) is 101 cm³/mol. The van der Waals surface area contributed by atoms with Crippen LogP contribution in [0.2, 0.25) is 0 Å². The second-order valence-electron chi connectivity index (χ2n) is 6.50. The van der Waals surface area contributed by atoms with Crippen LogP contribution in [0.25, 0.3) is 10.9 Å². The summed E-state index contributed by atoms with van der Waals surface area (Å²) in [6.45, 7) is 2.71. The number of piperazine rings is 1. The lowest BCUT2D eigenvalue weighted by Gasteiger charge is -2.35. The monoisotopic (exact) mass is 349 g/mol. The van der Waals surface area contributed by atoms with Gasteiger partial charge in [0.15, 0.2) is 0 Å². The molecule has 1 aliphatic heterocycles. The van der Waals surface area contributed by atoms with E-state index < -0.39 is 0 Å². The molecule has 0 unspecified atom stereocenters. The first-order valence-electron chi connectivity index (χ1n) is 8.82. The molecule has 1 aromatic heterocycles. The first-order valence-corrected chi connectivity index (χ1v) is 8.82. The lowest BCUT2D eigenvalue weighted by molar-refractivity contribution is -0.130. The topological polar surface area (TPSA) is 36.4 Å². The zero-order valence-corrected chi connectivity index (χ0v) is 14.4. The van der Waals surface area contributed by atoms with Crippen molar-refractivity contribution in [1.29, 1.82) is 0 Å². The van der Waals surface area contributed by atoms with Crippen LogP contribution in [0.15, 0.2) is 60.7 Å². The summed E-state index contributed by atoms with van der Waals surface area (Å²) in [5, 5.41) is 1.12. The molecule has 4 nitrogen and oxygen atoms in total. The SMILES string of the molecule is O=C(Cc1ccccc1F)N1CCN(c2ccc3ccccc3n2)CC1. The highest BCUT2D eigenvalue weighted by Crippen LogP contribution is 2.19. The van der Waals surface area contributed by atoms with Crippen LogP contribution in [0.5, 0.6) is 0 Å². The van der Waals surface area contributed by atoms with Crippen LogP contribution in [0.3, 0.4) is 0 Å². The fourth-order valence-corrected chi connectivity index (χ4v) is 3.33. The second-order valence-corrected chi connectivity index (χ2v) is 6.50. The Hall–Kier alpha value is -2.95. The molecule has 2 aromatic carbocycles. The number of hydrogen-bond donors (Lipinski definition) is 0. The molecule has 1 fully saturated rings. The van der Waals surface area contributed by atoms with Gasteiger partial charge in [-0.05, 0) is 29.8 Å². The molecule has 2 heterocycles. The van der Waals surface area contributed by atoms with E-state index in [1.165, 1.54) is 6.07 Å². The molecule has 0 atom stereocenters. The normalized spacial score (nSPS) is 14.7. The van der Waals surface area contributed by atoms with Gasteiger partial charge < -0.3 is 9.80 Å². The van der Waals surface area contributed by atoms with Crippen molar-refractivity contribution in [2.45, 2.75) is 6.42 Å². The van der Waals surface area contributed by atoms with E-state index >= 15 is 0 Å². The predicted octanol–water partition coefficient (Wildman–Crippen LogP) is 3.27. The summed E-state index contributed by atoms with van der Waals surface area (Å²) in [5.41, 5.74) is 1.43. The van der Waals surface area contributed by atoms with E-state index in [2.05, 4.69) is 11.0 Å². The zero-order valence-electron chi connectivity index (χ0n) is 14.4. The van der Waals surface area contributed by atoms with Crippen molar-refractivity contribution >= 4 is 22.6 Å². The number of amides is 1. The van der Waals surface area contributed by atoms with Gasteiger partial charge in [-0.2, -0.15) is 0 Å². The maximum atomic E-state index is 13.7. The van der Waals surface area contributed by atoms with Gasteiger partial charge in [0.1, 0.15) is 11.6 Å². The van der Waals surface area contributed by atoms with Crippen LogP contribution in [0.1, 0.15) is 5.56 Å². The maximum Gasteiger partial charge on any atom is 0.227 e. The third-order valence-electron chi connectivity index (χ3n) is 4.84. The zero-order chi connectivity index (χ0) is 17.9. The van der Waals surface area contributed by atoms with Gasteiger partial charge in [-0.3, -0.25) is 4.79 Å². The van der Waals surface area contributed by atoms with Crippen molar-refractivity contribution in [1.82, 2.24) is 9.88 Å². The fourth-order valence-electron chi connectivity index (χ4n) is 3.33. The van der Waals surface area contributed by atoms with Gasteiger partial charge in [-0.1, -0.05) is 36.4 Å². The fraction of sp³-hybridized carbons (Fsp3) is 0.238. The van der Waals surface area contributed by atoms with Crippen molar-refractivity contribution in [3.63, 3.8) is 0 Å². The maximum absolute atomic E-state index is 13.7. The molecule has 132 valence electrons. The molecule has 0 N–H and O–H groups in total. The third-order valence-corrected chi connectivity index (χ3v) is 4.84. The summed E-state index contributed by atoms with van der Waals surface area (Å²) in [5.74, 6) is 0.589.